The maximum atomic E-state index is 11.4. The summed E-state index contributed by atoms with van der Waals surface area (Å²) in [7, 11) is 0. The summed E-state index contributed by atoms with van der Waals surface area (Å²) in [6, 6.07) is 2.02. The van der Waals surface area contributed by atoms with E-state index in [4.69, 9.17) is 0 Å². The Morgan fingerprint density at radius 3 is 3.00 bits per heavy atom. The summed E-state index contributed by atoms with van der Waals surface area (Å²) in [6.45, 7) is 5.32. The molecule has 0 radical (unpaired) electrons. The van der Waals surface area contributed by atoms with Gasteiger partial charge in [0.25, 0.3) is 0 Å². The fourth-order valence-corrected chi connectivity index (χ4v) is 3.44. The van der Waals surface area contributed by atoms with Crippen LogP contribution < -0.4 is 0 Å². The Bertz CT molecular complexity index is 655. The van der Waals surface area contributed by atoms with Crippen LogP contribution >= 0.6 is 11.3 Å². The fourth-order valence-electron chi connectivity index (χ4n) is 2.68. The molecule has 6 heteroatoms. The maximum Gasteiger partial charge on any atom is 0.219 e. The van der Waals surface area contributed by atoms with E-state index in [0.29, 0.717) is 5.92 Å². The third-order valence-corrected chi connectivity index (χ3v) is 4.77. The lowest BCUT2D eigenvalue weighted by Gasteiger charge is -2.13. The summed E-state index contributed by atoms with van der Waals surface area (Å²) in [5.74, 6) is 0.661. The summed E-state index contributed by atoms with van der Waals surface area (Å²) in [5, 5.41) is 2.96. The average Bonchev–Trinajstić information content (AvgIpc) is 3.08. The third kappa shape index (κ3) is 3.26. The van der Waals surface area contributed by atoms with Gasteiger partial charge in [0, 0.05) is 36.8 Å². The van der Waals surface area contributed by atoms with E-state index < -0.39 is 0 Å². The molecular formula is C15H18N4OS. The van der Waals surface area contributed by atoms with Gasteiger partial charge in [0.2, 0.25) is 5.91 Å². The lowest BCUT2D eigenvalue weighted by atomic mass is 10.0. The Hall–Kier alpha value is -1.82. The minimum atomic E-state index is 0.166. The molecule has 0 N–H and O–H groups in total. The Labute approximate surface area is 128 Å². The van der Waals surface area contributed by atoms with Crippen molar-refractivity contribution in [1.82, 2.24) is 19.9 Å². The average molecular weight is 302 g/mol. The van der Waals surface area contributed by atoms with Gasteiger partial charge in [-0.1, -0.05) is 0 Å². The van der Waals surface area contributed by atoms with Gasteiger partial charge < -0.3 is 4.90 Å². The first-order valence-corrected chi connectivity index (χ1v) is 7.98. The highest BCUT2D eigenvalue weighted by molar-refractivity contribution is 7.13. The van der Waals surface area contributed by atoms with Crippen LogP contribution in [0.1, 0.15) is 24.7 Å². The highest BCUT2D eigenvalue weighted by Crippen LogP contribution is 2.24. The van der Waals surface area contributed by atoms with Gasteiger partial charge in [-0.15, -0.1) is 11.3 Å². The van der Waals surface area contributed by atoms with Crippen LogP contribution in [0.3, 0.4) is 0 Å². The van der Waals surface area contributed by atoms with Crippen molar-refractivity contribution in [2.45, 2.75) is 26.7 Å². The number of amides is 1. The molecule has 1 aliphatic heterocycles. The van der Waals surface area contributed by atoms with Gasteiger partial charge in [-0.2, -0.15) is 0 Å². The number of likely N-dealkylation sites (tertiary alicyclic amines) is 1. The van der Waals surface area contributed by atoms with E-state index in [2.05, 4.69) is 15.0 Å². The SMILES string of the molecule is CC(=O)N1CCC(Cc2cc(-c3nc(C)cs3)ncn2)C1. The molecule has 0 aromatic carbocycles. The molecule has 110 valence electrons. The molecule has 0 aliphatic carbocycles. The normalized spacial score (nSPS) is 18.2. The smallest absolute Gasteiger partial charge is 0.219 e. The second-order valence-electron chi connectivity index (χ2n) is 5.51. The summed E-state index contributed by atoms with van der Waals surface area (Å²) in [6.07, 6.45) is 3.55. The zero-order chi connectivity index (χ0) is 14.8. The van der Waals surface area contributed by atoms with Crippen LogP contribution in [0.2, 0.25) is 0 Å². The topological polar surface area (TPSA) is 59.0 Å². The lowest BCUT2D eigenvalue weighted by molar-refractivity contribution is -0.127. The van der Waals surface area contributed by atoms with Gasteiger partial charge in [-0.05, 0) is 31.7 Å². The second-order valence-corrected chi connectivity index (χ2v) is 6.37. The van der Waals surface area contributed by atoms with E-state index in [0.717, 1.165) is 48.0 Å². The number of thiazole rings is 1. The van der Waals surface area contributed by atoms with Crippen molar-refractivity contribution in [3.05, 3.63) is 29.2 Å². The van der Waals surface area contributed by atoms with E-state index in [1.807, 2.05) is 23.3 Å². The maximum absolute atomic E-state index is 11.4. The van der Waals surface area contributed by atoms with Crippen molar-refractivity contribution in [3.63, 3.8) is 0 Å². The number of aromatic nitrogens is 3. The van der Waals surface area contributed by atoms with Crippen LogP contribution in [-0.2, 0) is 11.2 Å². The molecule has 1 amide bonds. The molecule has 1 fully saturated rings. The van der Waals surface area contributed by atoms with Crippen LogP contribution in [-0.4, -0.2) is 38.8 Å². The Morgan fingerprint density at radius 1 is 1.48 bits per heavy atom. The minimum Gasteiger partial charge on any atom is -0.343 e. The van der Waals surface area contributed by atoms with E-state index in [1.54, 1.807) is 24.6 Å². The van der Waals surface area contributed by atoms with Crippen molar-refractivity contribution in [3.8, 4) is 10.7 Å². The molecule has 0 bridgehead atoms. The molecule has 2 aromatic heterocycles. The number of carbonyl (C=O) groups excluding carboxylic acids is 1. The van der Waals surface area contributed by atoms with Gasteiger partial charge in [0.05, 0.1) is 0 Å². The van der Waals surface area contributed by atoms with E-state index in [1.165, 1.54) is 0 Å². The van der Waals surface area contributed by atoms with Gasteiger partial charge in [0.1, 0.15) is 17.0 Å². The molecule has 0 saturated carbocycles. The molecule has 1 aliphatic rings. The summed E-state index contributed by atoms with van der Waals surface area (Å²) >= 11 is 1.60. The molecule has 2 aromatic rings. The largest absolute Gasteiger partial charge is 0.343 e. The zero-order valence-electron chi connectivity index (χ0n) is 12.2. The standard InChI is InChI=1S/C15H18N4OS/c1-10-8-21-15(18-10)14-6-13(16-9-17-14)5-12-3-4-19(7-12)11(2)20/h6,8-9,12H,3-5,7H2,1-2H3. The van der Waals surface area contributed by atoms with E-state index >= 15 is 0 Å². The first kappa shape index (κ1) is 14.1. The number of hydrogen-bond acceptors (Lipinski definition) is 5. The first-order chi connectivity index (χ1) is 10.1. The highest BCUT2D eigenvalue weighted by Gasteiger charge is 2.24. The van der Waals surface area contributed by atoms with Gasteiger partial charge in [-0.3, -0.25) is 4.79 Å². The summed E-state index contributed by atoms with van der Waals surface area (Å²) in [5.41, 5.74) is 2.94. The first-order valence-electron chi connectivity index (χ1n) is 7.11. The second kappa shape index (κ2) is 5.89. The van der Waals surface area contributed by atoms with Crippen molar-refractivity contribution in [2.75, 3.05) is 13.1 Å². The van der Waals surface area contributed by atoms with Gasteiger partial charge in [-0.25, -0.2) is 15.0 Å². The van der Waals surface area contributed by atoms with Crippen LogP contribution in [0.25, 0.3) is 10.7 Å². The summed E-state index contributed by atoms with van der Waals surface area (Å²) in [4.78, 5) is 26.4. The van der Waals surface area contributed by atoms with Crippen molar-refractivity contribution in [2.24, 2.45) is 5.92 Å². The highest BCUT2D eigenvalue weighted by atomic mass is 32.1. The number of aryl methyl sites for hydroxylation is 1. The molecule has 3 heterocycles. The molecule has 5 nitrogen and oxygen atoms in total. The van der Waals surface area contributed by atoms with Crippen molar-refractivity contribution in [1.29, 1.82) is 0 Å². The van der Waals surface area contributed by atoms with Crippen LogP contribution in [0.5, 0.6) is 0 Å². The Morgan fingerprint density at radius 2 is 2.33 bits per heavy atom. The number of hydrogen-bond donors (Lipinski definition) is 0. The van der Waals surface area contributed by atoms with Crippen LogP contribution in [0, 0.1) is 12.8 Å². The van der Waals surface area contributed by atoms with Crippen LogP contribution in [0.15, 0.2) is 17.8 Å². The van der Waals surface area contributed by atoms with E-state index in [-0.39, 0.29) is 5.91 Å². The molecule has 1 saturated heterocycles. The summed E-state index contributed by atoms with van der Waals surface area (Å²) < 4.78 is 0. The van der Waals surface area contributed by atoms with Crippen LogP contribution in [0.4, 0.5) is 0 Å². The third-order valence-electron chi connectivity index (χ3n) is 3.79. The molecule has 3 rings (SSSR count). The molecule has 21 heavy (non-hydrogen) atoms. The molecule has 1 atom stereocenters. The molecular weight excluding hydrogens is 284 g/mol. The number of nitrogens with zero attached hydrogens (tertiary/aromatic N) is 4. The predicted octanol–water partition coefficient (Wildman–Crippen LogP) is 2.32. The monoisotopic (exact) mass is 302 g/mol. The molecule has 0 spiro atoms. The van der Waals surface area contributed by atoms with Gasteiger partial charge in [0.15, 0.2) is 0 Å². The Balaban J connectivity index is 1.71. The number of rotatable bonds is 3. The predicted molar refractivity (Wildman–Crippen MR) is 81.9 cm³/mol. The quantitative estimate of drug-likeness (QED) is 0.873. The fraction of sp³-hybridized carbons (Fsp3) is 0.467. The van der Waals surface area contributed by atoms with Crippen molar-refractivity contribution >= 4 is 17.2 Å². The number of carbonyl (C=O) groups is 1. The van der Waals surface area contributed by atoms with Gasteiger partial charge >= 0.3 is 0 Å². The Kier molecular flexibility index (Phi) is 3.96. The van der Waals surface area contributed by atoms with E-state index in [9.17, 15) is 4.79 Å². The molecule has 1 unspecified atom stereocenters. The minimum absolute atomic E-state index is 0.166. The van der Waals surface area contributed by atoms with Crippen molar-refractivity contribution < 1.29 is 4.79 Å². The lowest BCUT2D eigenvalue weighted by Crippen LogP contribution is -2.26. The zero-order valence-corrected chi connectivity index (χ0v) is 13.1.